The Labute approximate surface area is 116 Å². The van der Waals surface area contributed by atoms with Gasteiger partial charge in [0.25, 0.3) is 0 Å². The molecule has 0 fully saturated rings. The number of ether oxygens (including phenoxy) is 2. The number of aryl methyl sites for hydroxylation is 1. The summed E-state index contributed by atoms with van der Waals surface area (Å²) in [6.07, 6.45) is 2.49. The second kappa shape index (κ2) is 6.92. The fourth-order valence-corrected chi connectivity index (χ4v) is 2.48. The van der Waals surface area contributed by atoms with Gasteiger partial charge in [-0.25, -0.2) is 0 Å². The lowest BCUT2D eigenvalue weighted by Gasteiger charge is -2.26. The number of likely N-dealkylation sites (N-methyl/N-ethyl adjacent to an activating group) is 1. The molecule has 0 bridgehead atoms. The zero-order valence-electron chi connectivity index (χ0n) is 12.2. The molecule has 19 heavy (non-hydrogen) atoms. The van der Waals surface area contributed by atoms with Crippen LogP contribution in [0.4, 0.5) is 0 Å². The molecule has 3 heteroatoms. The van der Waals surface area contributed by atoms with Crippen LogP contribution in [0.25, 0.3) is 0 Å². The van der Waals surface area contributed by atoms with Gasteiger partial charge in [-0.2, -0.15) is 0 Å². The molecule has 0 amide bonds. The largest absolute Gasteiger partial charge is 0.493 e. The number of hydrogen-bond acceptors (Lipinski definition) is 3. The first-order valence-electron chi connectivity index (χ1n) is 7.32. The minimum absolute atomic E-state index is 0.209. The summed E-state index contributed by atoms with van der Waals surface area (Å²) in [5.74, 6) is 1.08. The zero-order chi connectivity index (χ0) is 13.7. The molecule has 0 spiro atoms. The second-order valence-corrected chi connectivity index (χ2v) is 5.28. The average molecular weight is 263 g/mol. The van der Waals surface area contributed by atoms with Gasteiger partial charge < -0.3 is 14.8 Å². The van der Waals surface area contributed by atoms with E-state index in [4.69, 9.17) is 9.47 Å². The minimum atomic E-state index is 0.209. The Kier molecular flexibility index (Phi) is 5.23. The van der Waals surface area contributed by atoms with Crippen molar-refractivity contribution in [3.05, 3.63) is 29.3 Å². The molecule has 0 aromatic heterocycles. The van der Waals surface area contributed by atoms with Gasteiger partial charge in [-0.15, -0.1) is 0 Å². The topological polar surface area (TPSA) is 30.5 Å². The van der Waals surface area contributed by atoms with Crippen LogP contribution < -0.4 is 10.1 Å². The molecule has 1 unspecified atom stereocenters. The predicted molar refractivity (Wildman–Crippen MR) is 77.8 cm³/mol. The Balaban J connectivity index is 2.20. The summed E-state index contributed by atoms with van der Waals surface area (Å²) >= 11 is 0. The second-order valence-electron chi connectivity index (χ2n) is 5.28. The molecule has 1 N–H and O–H groups in total. The van der Waals surface area contributed by atoms with E-state index in [9.17, 15) is 0 Å². The standard InChI is InChI=1S/C16H25NO2/c1-4-17-15(11-19-12(2)3)14-9-5-7-13-8-6-10-18-16(13)14/h5,7,9,12,15,17H,4,6,8,10-11H2,1-3H3. The SMILES string of the molecule is CCNC(COC(C)C)c1cccc2c1OCCC2. The van der Waals surface area contributed by atoms with E-state index in [0.29, 0.717) is 6.61 Å². The summed E-state index contributed by atoms with van der Waals surface area (Å²) in [4.78, 5) is 0. The molecular formula is C16H25NO2. The maximum absolute atomic E-state index is 5.89. The van der Waals surface area contributed by atoms with Crippen molar-refractivity contribution in [2.75, 3.05) is 19.8 Å². The van der Waals surface area contributed by atoms with Gasteiger partial charge in [0.15, 0.2) is 0 Å². The molecule has 1 atom stereocenters. The Morgan fingerprint density at radius 2 is 2.21 bits per heavy atom. The molecule has 0 saturated heterocycles. The van der Waals surface area contributed by atoms with E-state index in [-0.39, 0.29) is 12.1 Å². The summed E-state index contributed by atoms with van der Waals surface area (Å²) in [6, 6.07) is 6.66. The van der Waals surface area contributed by atoms with Crippen molar-refractivity contribution >= 4 is 0 Å². The number of para-hydroxylation sites is 1. The van der Waals surface area contributed by atoms with Crippen molar-refractivity contribution in [3.63, 3.8) is 0 Å². The van der Waals surface area contributed by atoms with Gasteiger partial charge in [0.1, 0.15) is 5.75 Å². The van der Waals surface area contributed by atoms with Gasteiger partial charge >= 0.3 is 0 Å². The lowest BCUT2D eigenvalue weighted by molar-refractivity contribution is 0.0606. The number of benzene rings is 1. The highest BCUT2D eigenvalue weighted by Crippen LogP contribution is 2.33. The molecule has 106 valence electrons. The lowest BCUT2D eigenvalue weighted by atomic mass is 9.98. The van der Waals surface area contributed by atoms with Crippen molar-refractivity contribution in [2.45, 2.75) is 45.8 Å². The van der Waals surface area contributed by atoms with Gasteiger partial charge in [0.05, 0.1) is 25.4 Å². The Morgan fingerprint density at radius 3 is 2.95 bits per heavy atom. The zero-order valence-corrected chi connectivity index (χ0v) is 12.2. The molecule has 0 radical (unpaired) electrons. The van der Waals surface area contributed by atoms with Gasteiger partial charge in [-0.05, 0) is 38.8 Å². The molecule has 1 aliphatic rings. The molecule has 3 nitrogen and oxygen atoms in total. The minimum Gasteiger partial charge on any atom is -0.493 e. The van der Waals surface area contributed by atoms with E-state index >= 15 is 0 Å². The van der Waals surface area contributed by atoms with Crippen LogP contribution in [0.5, 0.6) is 5.75 Å². The van der Waals surface area contributed by atoms with Crippen molar-refractivity contribution in [1.29, 1.82) is 0 Å². The van der Waals surface area contributed by atoms with Crippen LogP contribution in [-0.2, 0) is 11.2 Å². The third kappa shape index (κ3) is 3.71. The third-order valence-electron chi connectivity index (χ3n) is 3.39. The highest BCUT2D eigenvalue weighted by Gasteiger charge is 2.20. The third-order valence-corrected chi connectivity index (χ3v) is 3.39. The van der Waals surface area contributed by atoms with Crippen LogP contribution in [0.15, 0.2) is 18.2 Å². The first-order chi connectivity index (χ1) is 9.22. The van der Waals surface area contributed by atoms with Crippen molar-refractivity contribution < 1.29 is 9.47 Å². The average Bonchev–Trinajstić information content (AvgIpc) is 2.43. The number of fused-ring (bicyclic) bond motifs is 1. The summed E-state index contributed by atoms with van der Waals surface area (Å²) in [5, 5.41) is 3.50. The molecule has 1 heterocycles. The van der Waals surface area contributed by atoms with Crippen molar-refractivity contribution in [3.8, 4) is 5.75 Å². The van der Waals surface area contributed by atoms with Crippen molar-refractivity contribution in [1.82, 2.24) is 5.32 Å². The maximum Gasteiger partial charge on any atom is 0.127 e. The summed E-state index contributed by atoms with van der Waals surface area (Å²) in [5.41, 5.74) is 2.57. The highest BCUT2D eigenvalue weighted by atomic mass is 16.5. The van der Waals surface area contributed by atoms with Crippen LogP contribution in [-0.4, -0.2) is 25.9 Å². The Bertz CT molecular complexity index is 404. The fourth-order valence-electron chi connectivity index (χ4n) is 2.48. The predicted octanol–water partition coefficient (Wildman–Crippen LogP) is 3.09. The lowest BCUT2D eigenvalue weighted by Crippen LogP contribution is -2.28. The number of rotatable bonds is 6. The van der Waals surface area contributed by atoms with Crippen LogP contribution in [0.3, 0.4) is 0 Å². The summed E-state index contributed by atoms with van der Waals surface area (Å²) in [7, 11) is 0. The van der Waals surface area contributed by atoms with Crippen LogP contribution in [0.1, 0.15) is 44.4 Å². The molecule has 1 aromatic carbocycles. The van der Waals surface area contributed by atoms with Gasteiger partial charge in [0.2, 0.25) is 0 Å². The smallest absolute Gasteiger partial charge is 0.127 e. The highest BCUT2D eigenvalue weighted by molar-refractivity contribution is 5.44. The molecular weight excluding hydrogens is 238 g/mol. The first kappa shape index (κ1) is 14.4. The van der Waals surface area contributed by atoms with Gasteiger partial charge in [0, 0.05) is 5.56 Å². The van der Waals surface area contributed by atoms with E-state index < -0.39 is 0 Å². The van der Waals surface area contributed by atoms with Crippen LogP contribution >= 0.6 is 0 Å². The number of hydrogen-bond donors (Lipinski definition) is 1. The van der Waals surface area contributed by atoms with Crippen molar-refractivity contribution in [2.24, 2.45) is 0 Å². The summed E-state index contributed by atoms with van der Waals surface area (Å²) < 4.78 is 11.7. The normalized spacial score (nSPS) is 16.0. The van der Waals surface area contributed by atoms with E-state index in [2.05, 4.69) is 44.3 Å². The molecule has 1 aliphatic heterocycles. The first-order valence-corrected chi connectivity index (χ1v) is 7.32. The van der Waals surface area contributed by atoms with Gasteiger partial charge in [-0.3, -0.25) is 0 Å². The molecule has 2 rings (SSSR count). The monoisotopic (exact) mass is 263 g/mol. The summed E-state index contributed by atoms with van der Waals surface area (Å²) in [6.45, 7) is 8.70. The Morgan fingerprint density at radius 1 is 1.37 bits per heavy atom. The molecule has 1 aromatic rings. The quantitative estimate of drug-likeness (QED) is 0.855. The van der Waals surface area contributed by atoms with E-state index in [0.717, 1.165) is 31.7 Å². The number of nitrogens with one attached hydrogen (secondary N) is 1. The van der Waals surface area contributed by atoms with Crippen LogP contribution in [0, 0.1) is 0 Å². The fraction of sp³-hybridized carbons (Fsp3) is 0.625. The van der Waals surface area contributed by atoms with Gasteiger partial charge in [-0.1, -0.05) is 25.1 Å². The van der Waals surface area contributed by atoms with Crippen LogP contribution in [0.2, 0.25) is 0 Å². The Hall–Kier alpha value is -1.06. The van der Waals surface area contributed by atoms with E-state index in [1.54, 1.807) is 0 Å². The maximum atomic E-state index is 5.89. The van der Waals surface area contributed by atoms with E-state index in [1.807, 2.05) is 0 Å². The van der Waals surface area contributed by atoms with E-state index in [1.165, 1.54) is 11.1 Å². The molecule has 0 aliphatic carbocycles. The molecule has 0 saturated carbocycles.